The summed E-state index contributed by atoms with van der Waals surface area (Å²) in [4.78, 5) is 16.1. The molecular weight excluding hydrogens is 473 g/mol. The van der Waals surface area contributed by atoms with Crippen molar-refractivity contribution in [2.75, 3.05) is 0 Å². The van der Waals surface area contributed by atoms with Crippen LogP contribution < -0.4 is 10.4 Å². The van der Waals surface area contributed by atoms with Gasteiger partial charge in [0.05, 0.1) is 16.3 Å². The third kappa shape index (κ3) is 5.09. The molecule has 7 nitrogen and oxygen atoms in total. The van der Waals surface area contributed by atoms with Gasteiger partial charge in [0, 0.05) is 18.3 Å². The molecule has 3 aromatic rings. The highest BCUT2D eigenvalue weighted by Gasteiger charge is 2.38. The lowest BCUT2D eigenvalue weighted by Crippen LogP contribution is -2.31. The predicted octanol–water partition coefficient (Wildman–Crippen LogP) is 3.44. The van der Waals surface area contributed by atoms with E-state index in [1.165, 1.54) is 18.3 Å². The summed E-state index contributed by atoms with van der Waals surface area (Å²) in [6.07, 6.45) is -5.17. The van der Waals surface area contributed by atoms with Crippen LogP contribution in [0.15, 0.2) is 35.3 Å². The van der Waals surface area contributed by atoms with E-state index in [2.05, 4.69) is 10.1 Å². The van der Waals surface area contributed by atoms with Gasteiger partial charge in [-0.25, -0.2) is 13.6 Å². The molecule has 1 aromatic carbocycles. The van der Waals surface area contributed by atoms with E-state index >= 15 is 4.39 Å². The lowest BCUT2D eigenvalue weighted by Gasteiger charge is -2.20. The fourth-order valence-electron chi connectivity index (χ4n) is 2.63. The third-order valence-corrected chi connectivity index (χ3v) is 4.69. The van der Waals surface area contributed by atoms with Crippen molar-refractivity contribution in [1.29, 1.82) is 0 Å². The van der Waals surface area contributed by atoms with Gasteiger partial charge in [-0.15, -0.1) is 5.10 Å². The molecule has 33 heavy (non-hydrogen) atoms. The summed E-state index contributed by atoms with van der Waals surface area (Å²) < 4.78 is 74.8. The minimum absolute atomic E-state index is 0.0347. The second-order valence-electron chi connectivity index (χ2n) is 6.60. The Morgan fingerprint density at radius 2 is 2.09 bits per heavy atom. The molecule has 0 saturated carbocycles. The summed E-state index contributed by atoms with van der Waals surface area (Å²) in [5, 5.41) is 12.8. The third-order valence-electron chi connectivity index (χ3n) is 4.37. The van der Waals surface area contributed by atoms with Crippen molar-refractivity contribution in [3.05, 3.63) is 68.9 Å². The average Bonchev–Trinajstić information content (AvgIpc) is 3.03. The first kappa shape index (κ1) is 24.5. The lowest BCUT2D eigenvalue weighted by molar-refractivity contribution is -0.189. The Balaban J connectivity index is 2.20. The van der Waals surface area contributed by atoms with Crippen molar-refractivity contribution in [3.63, 3.8) is 0 Å². The van der Waals surface area contributed by atoms with Gasteiger partial charge in [-0.3, -0.25) is 4.98 Å². The second-order valence-corrected chi connectivity index (χ2v) is 7.01. The molecule has 0 aliphatic heterocycles. The highest BCUT2D eigenvalue weighted by molar-refractivity contribution is 6.32. The molecule has 0 aliphatic carbocycles. The summed E-state index contributed by atoms with van der Waals surface area (Å²) in [5.41, 5.74) is -2.56. The van der Waals surface area contributed by atoms with Crippen LogP contribution in [-0.2, 0) is 6.61 Å². The molecule has 3 rings (SSSR count). The number of alkyl halides is 3. The normalized spacial score (nSPS) is 13.3. The Kier molecular flexibility index (Phi) is 6.93. The fraction of sp³-hybridized carbons (Fsp3) is 0.211. The summed E-state index contributed by atoms with van der Waals surface area (Å²) in [6.45, 7) is -0.121. The minimum Gasteiger partial charge on any atom is -0.480 e. The molecule has 0 aliphatic rings. The van der Waals surface area contributed by atoms with E-state index in [1.54, 1.807) is 0 Å². The van der Waals surface area contributed by atoms with Crippen LogP contribution in [0, 0.1) is 5.82 Å². The maximum atomic E-state index is 15.0. The second kappa shape index (κ2) is 9.36. The number of benzene rings is 1. The van der Waals surface area contributed by atoms with Crippen LogP contribution in [0.4, 0.5) is 22.0 Å². The average molecular weight is 487 g/mol. The number of aliphatic hydroxyl groups is 1. The number of pyridine rings is 1. The number of hydrogen-bond donors (Lipinski definition) is 1. The zero-order chi connectivity index (χ0) is 24.5. The Hall–Kier alpha value is -3.19. The van der Waals surface area contributed by atoms with Crippen molar-refractivity contribution in [3.8, 4) is 11.4 Å². The topological polar surface area (TPSA) is 82.2 Å². The van der Waals surface area contributed by atoms with Crippen LogP contribution in [0.5, 0.6) is 5.75 Å². The van der Waals surface area contributed by atoms with Gasteiger partial charge in [0.2, 0.25) is 7.98 Å². The van der Waals surface area contributed by atoms with E-state index in [0.29, 0.717) is 28.2 Å². The van der Waals surface area contributed by atoms with Crippen molar-refractivity contribution < 1.29 is 31.8 Å². The summed E-state index contributed by atoms with van der Waals surface area (Å²) in [7, 11) is 5.43. The summed E-state index contributed by atoms with van der Waals surface area (Å²) >= 11 is 5.92. The smallest absolute Gasteiger partial charge is 0.425 e. The molecule has 2 aromatic heterocycles. The predicted molar refractivity (Wildman–Crippen MR) is 109 cm³/mol. The molecule has 0 unspecified atom stereocenters. The Bertz CT molecular complexity index is 1280. The van der Waals surface area contributed by atoms with E-state index in [0.717, 1.165) is 6.08 Å². The van der Waals surface area contributed by atoms with E-state index < -0.39 is 53.2 Å². The number of aromatic nitrogens is 4. The quantitative estimate of drug-likeness (QED) is 0.426. The van der Waals surface area contributed by atoms with Crippen LogP contribution in [0.25, 0.3) is 17.6 Å². The number of halogens is 6. The largest absolute Gasteiger partial charge is 0.480 e. The fourth-order valence-corrected chi connectivity index (χ4v) is 2.81. The highest BCUT2D eigenvalue weighted by Crippen LogP contribution is 2.35. The number of ether oxygens (including phenoxy) is 1. The lowest BCUT2D eigenvalue weighted by atomic mass is 10.1. The van der Waals surface area contributed by atoms with Crippen molar-refractivity contribution in [2.24, 2.45) is 0 Å². The summed E-state index contributed by atoms with van der Waals surface area (Å²) in [5.74, 6) is -3.55. The van der Waals surface area contributed by atoms with Gasteiger partial charge in [-0.1, -0.05) is 11.6 Å². The van der Waals surface area contributed by atoms with Gasteiger partial charge in [0.15, 0.2) is 6.10 Å². The Morgan fingerprint density at radius 1 is 1.39 bits per heavy atom. The molecule has 172 valence electrons. The number of hydrogen-bond acceptors (Lipinski definition) is 5. The number of rotatable bonds is 6. The SMILES string of the molecule is [B]n1c(CO)nn(-c2cc(O[C@@H](C)C(F)(F)F)c(/C(F)=C/c3ncccc3Cl)cc2F)c1=O. The number of nitrogens with zero attached hydrogens (tertiary/aromatic N) is 4. The first-order valence-electron chi connectivity index (χ1n) is 9.06. The highest BCUT2D eigenvalue weighted by atomic mass is 35.5. The first-order chi connectivity index (χ1) is 15.4. The molecular formula is C19H13BClF5N4O3. The molecule has 1 atom stereocenters. The van der Waals surface area contributed by atoms with E-state index in [9.17, 15) is 27.5 Å². The summed E-state index contributed by atoms with van der Waals surface area (Å²) in [6, 6.07) is 4.06. The maximum Gasteiger partial charge on any atom is 0.425 e. The van der Waals surface area contributed by atoms with Gasteiger partial charge in [-0.2, -0.15) is 17.9 Å². The Labute approximate surface area is 189 Å². The van der Waals surface area contributed by atoms with Gasteiger partial charge in [0.25, 0.3) is 0 Å². The van der Waals surface area contributed by atoms with Gasteiger partial charge < -0.3 is 14.3 Å². The van der Waals surface area contributed by atoms with Gasteiger partial charge in [0.1, 0.15) is 35.5 Å². The van der Waals surface area contributed by atoms with Crippen molar-refractivity contribution >= 4 is 31.5 Å². The molecule has 2 heterocycles. The van der Waals surface area contributed by atoms with Crippen LogP contribution in [0.2, 0.25) is 5.02 Å². The Morgan fingerprint density at radius 3 is 2.67 bits per heavy atom. The maximum absolute atomic E-state index is 15.0. The molecule has 2 radical (unpaired) electrons. The molecule has 0 spiro atoms. The molecule has 14 heteroatoms. The van der Waals surface area contributed by atoms with Crippen molar-refractivity contribution in [2.45, 2.75) is 25.8 Å². The van der Waals surface area contributed by atoms with E-state index in [1.807, 2.05) is 0 Å². The van der Waals surface area contributed by atoms with Crippen molar-refractivity contribution in [1.82, 2.24) is 19.2 Å². The molecule has 0 fully saturated rings. The standard InChI is InChI=1S/C19H13BClF5N4O3/c1-9(19(24,25)26)33-16-7-15(30-18(32)29(20)17(8-31)28-30)13(23)5-10(16)12(22)6-14-11(21)3-2-4-27-14/h2-7,9,31H,8H2,1H3/b12-6-/t9-/m0/s1. The van der Waals surface area contributed by atoms with Gasteiger partial charge >= 0.3 is 11.9 Å². The van der Waals surface area contributed by atoms with Crippen LogP contribution in [0.3, 0.4) is 0 Å². The van der Waals surface area contributed by atoms with Crippen LogP contribution >= 0.6 is 11.6 Å². The van der Waals surface area contributed by atoms with E-state index in [-0.39, 0.29) is 16.5 Å². The first-order valence-corrected chi connectivity index (χ1v) is 9.44. The zero-order valence-corrected chi connectivity index (χ0v) is 17.4. The van der Waals surface area contributed by atoms with Crippen LogP contribution in [-0.4, -0.2) is 44.6 Å². The van der Waals surface area contributed by atoms with Gasteiger partial charge in [-0.05, 0) is 25.1 Å². The monoisotopic (exact) mass is 486 g/mol. The number of aliphatic hydroxyl groups excluding tert-OH is 1. The molecule has 0 amide bonds. The zero-order valence-electron chi connectivity index (χ0n) is 16.6. The van der Waals surface area contributed by atoms with E-state index in [4.69, 9.17) is 24.3 Å². The van der Waals surface area contributed by atoms with Crippen LogP contribution in [0.1, 0.15) is 24.0 Å². The molecule has 0 saturated heterocycles. The molecule has 0 bridgehead atoms. The molecule has 1 N–H and O–H groups in total. The minimum atomic E-state index is -4.84.